The fourth-order valence-corrected chi connectivity index (χ4v) is 2.30. The molecule has 4 heteroatoms. The number of nitrogens with zero attached hydrogens (tertiary/aromatic N) is 1. The normalized spacial score (nSPS) is 10.5. The minimum atomic E-state index is -0.0235. The Hall–Kier alpha value is -1.55. The summed E-state index contributed by atoms with van der Waals surface area (Å²) in [5.74, 6) is 1.62. The van der Waals surface area contributed by atoms with E-state index in [9.17, 15) is 4.79 Å². The highest BCUT2D eigenvalue weighted by atomic mass is 79.9. The third kappa shape index (κ3) is 3.26. The van der Waals surface area contributed by atoms with Crippen molar-refractivity contribution in [1.82, 2.24) is 4.90 Å². The van der Waals surface area contributed by atoms with Crippen LogP contribution in [0.25, 0.3) is 0 Å². The number of carbonyl (C=O) groups is 1. The summed E-state index contributed by atoms with van der Waals surface area (Å²) in [6.45, 7) is 4.33. The molecule has 1 aromatic carbocycles. The molecule has 0 aliphatic carbocycles. The van der Waals surface area contributed by atoms with Crippen molar-refractivity contribution in [2.45, 2.75) is 20.4 Å². The van der Waals surface area contributed by atoms with Gasteiger partial charge >= 0.3 is 0 Å². The average Bonchev–Trinajstić information content (AvgIpc) is 2.77. The SMILES string of the molecule is Cc1ccc(Br)c(C(=O)N(C)Cc2ccc(C)o2)c1. The quantitative estimate of drug-likeness (QED) is 0.858. The molecule has 2 rings (SSSR count). The molecule has 0 spiro atoms. The van der Waals surface area contributed by atoms with Crippen LogP contribution in [0.1, 0.15) is 27.4 Å². The predicted octanol–water partition coefficient (Wildman–Crippen LogP) is 3.93. The van der Waals surface area contributed by atoms with E-state index in [1.165, 1.54) is 0 Å². The second kappa shape index (κ2) is 5.61. The van der Waals surface area contributed by atoms with Crippen LogP contribution in [0.15, 0.2) is 39.2 Å². The van der Waals surface area contributed by atoms with E-state index in [0.717, 1.165) is 21.6 Å². The van der Waals surface area contributed by atoms with E-state index < -0.39 is 0 Å². The largest absolute Gasteiger partial charge is 0.464 e. The minimum Gasteiger partial charge on any atom is -0.464 e. The van der Waals surface area contributed by atoms with Gasteiger partial charge in [0.15, 0.2) is 0 Å². The summed E-state index contributed by atoms with van der Waals surface area (Å²) in [5.41, 5.74) is 1.74. The lowest BCUT2D eigenvalue weighted by atomic mass is 10.1. The van der Waals surface area contributed by atoms with E-state index >= 15 is 0 Å². The predicted molar refractivity (Wildman–Crippen MR) is 78.1 cm³/mol. The van der Waals surface area contributed by atoms with Crippen molar-refractivity contribution in [1.29, 1.82) is 0 Å². The smallest absolute Gasteiger partial charge is 0.255 e. The molecule has 1 amide bonds. The van der Waals surface area contributed by atoms with Crippen molar-refractivity contribution >= 4 is 21.8 Å². The first-order chi connectivity index (χ1) is 8.97. The third-order valence-corrected chi connectivity index (χ3v) is 3.58. The maximum Gasteiger partial charge on any atom is 0.255 e. The number of furan rings is 1. The first-order valence-corrected chi connectivity index (χ1v) is 6.83. The van der Waals surface area contributed by atoms with Gasteiger partial charge in [0.1, 0.15) is 11.5 Å². The molecule has 0 fully saturated rings. The average molecular weight is 322 g/mol. The first kappa shape index (κ1) is 13.9. The van der Waals surface area contributed by atoms with Gasteiger partial charge in [-0.3, -0.25) is 4.79 Å². The monoisotopic (exact) mass is 321 g/mol. The van der Waals surface area contributed by atoms with Crippen LogP contribution >= 0.6 is 15.9 Å². The number of hydrogen-bond acceptors (Lipinski definition) is 2. The molecule has 0 aliphatic heterocycles. The van der Waals surface area contributed by atoms with Gasteiger partial charge in [0, 0.05) is 11.5 Å². The summed E-state index contributed by atoms with van der Waals surface area (Å²) in [5, 5.41) is 0. The fourth-order valence-electron chi connectivity index (χ4n) is 1.88. The van der Waals surface area contributed by atoms with Gasteiger partial charge in [0.05, 0.1) is 12.1 Å². The second-order valence-electron chi connectivity index (χ2n) is 4.66. The minimum absolute atomic E-state index is 0.0235. The van der Waals surface area contributed by atoms with Crippen LogP contribution in [0, 0.1) is 13.8 Å². The molecule has 100 valence electrons. The number of rotatable bonds is 3. The van der Waals surface area contributed by atoms with Crippen molar-refractivity contribution in [3.8, 4) is 0 Å². The Labute approximate surface area is 121 Å². The molecule has 1 aromatic heterocycles. The van der Waals surface area contributed by atoms with Crippen molar-refractivity contribution in [3.63, 3.8) is 0 Å². The van der Waals surface area contributed by atoms with E-state index in [0.29, 0.717) is 12.1 Å². The Bertz CT molecular complexity index is 604. The number of amides is 1. The van der Waals surface area contributed by atoms with Crippen LogP contribution in [-0.2, 0) is 6.54 Å². The van der Waals surface area contributed by atoms with Gasteiger partial charge in [-0.25, -0.2) is 0 Å². The summed E-state index contributed by atoms with van der Waals surface area (Å²) in [6, 6.07) is 9.54. The zero-order chi connectivity index (χ0) is 14.0. The topological polar surface area (TPSA) is 33.5 Å². The van der Waals surface area contributed by atoms with E-state index in [-0.39, 0.29) is 5.91 Å². The van der Waals surface area contributed by atoms with Gasteiger partial charge in [-0.1, -0.05) is 11.6 Å². The maximum absolute atomic E-state index is 12.4. The number of halogens is 1. The Kier molecular flexibility index (Phi) is 4.10. The van der Waals surface area contributed by atoms with Crippen molar-refractivity contribution in [2.24, 2.45) is 0 Å². The highest BCUT2D eigenvalue weighted by Crippen LogP contribution is 2.20. The highest BCUT2D eigenvalue weighted by molar-refractivity contribution is 9.10. The van der Waals surface area contributed by atoms with Crippen LogP contribution < -0.4 is 0 Å². The van der Waals surface area contributed by atoms with Gasteiger partial charge < -0.3 is 9.32 Å². The third-order valence-electron chi connectivity index (χ3n) is 2.89. The van der Waals surface area contributed by atoms with Gasteiger partial charge in [-0.2, -0.15) is 0 Å². The van der Waals surface area contributed by atoms with Gasteiger partial charge in [-0.05, 0) is 54.0 Å². The summed E-state index contributed by atoms with van der Waals surface area (Å²) in [7, 11) is 1.77. The molecular formula is C15H16BrNO2. The Balaban J connectivity index is 2.16. The summed E-state index contributed by atoms with van der Waals surface area (Å²) >= 11 is 3.42. The molecular weight excluding hydrogens is 306 g/mol. The summed E-state index contributed by atoms with van der Waals surface area (Å²) in [6.07, 6.45) is 0. The molecule has 3 nitrogen and oxygen atoms in total. The lowest BCUT2D eigenvalue weighted by Crippen LogP contribution is -2.26. The van der Waals surface area contributed by atoms with Crippen LogP contribution in [0.4, 0.5) is 0 Å². The molecule has 0 unspecified atom stereocenters. The van der Waals surface area contributed by atoms with Crippen LogP contribution in [-0.4, -0.2) is 17.9 Å². The molecule has 2 aromatic rings. The molecule has 0 saturated carbocycles. The van der Waals surface area contributed by atoms with Gasteiger partial charge in [0.2, 0.25) is 0 Å². The van der Waals surface area contributed by atoms with Crippen molar-refractivity contribution in [3.05, 3.63) is 57.5 Å². The van der Waals surface area contributed by atoms with E-state index in [1.807, 2.05) is 44.2 Å². The van der Waals surface area contributed by atoms with E-state index in [4.69, 9.17) is 4.42 Å². The fraction of sp³-hybridized carbons (Fsp3) is 0.267. The van der Waals surface area contributed by atoms with Crippen molar-refractivity contribution in [2.75, 3.05) is 7.05 Å². The van der Waals surface area contributed by atoms with Gasteiger partial charge in [0.25, 0.3) is 5.91 Å². The van der Waals surface area contributed by atoms with E-state index in [2.05, 4.69) is 15.9 Å². The number of hydrogen-bond donors (Lipinski definition) is 0. The summed E-state index contributed by atoms with van der Waals surface area (Å²) < 4.78 is 6.30. The standard InChI is InChI=1S/C15H16BrNO2/c1-10-4-7-14(16)13(8-10)15(18)17(3)9-12-6-5-11(2)19-12/h4-8H,9H2,1-3H3. The Morgan fingerprint density at radius 2 is 2.00 bits per heavy atom. The first-order valence-electron chi connectivity index (χ1n) is 6.04. The van der Waals surface area contributed by atoms with Crippen LogP contribution in [0.5, 0.6) is 0 Å². The number of carbonyl (C=O) groups excluding carboxylic acids is 1. The summed E-state index contributed by atoms with van der Waals surface area (Å²) in [4.78, 5) is 14.0. The van der Waals surface area contributed by atoms with Crippen LogP contribution in [0.2, 0.25) is 0 Å². The Morgan fingerprint density at radius 1 is 1.26 bits per heavy atom. The second-order valence-corrected chi connectivity index (χ2v) is 5.51. The molecule has 0 saturated heterocycles. The number of benzene rings is 1. The number of aryl methyl sites for hydroxylation is 2. The molecule has 0 atom stereocenters. The van der Waals surface area contributed by atoms with Crippen LogP contribution in [0.3, 0.4) is 0 Å². The lowest BCUT2D eigenvalue weighted by Gasteiger charge is -2.17. The molecule has 1 heterocycles. The molecule has 0 aliphatic rings. The molecule has 0 radical (unpaired) electrons. The molecule has 19 heavy (non-hydrogen) atoms. The zero-order valence-electron chi connectivity index (χ0n) is 11.2. The van der Waals surface area contributed by atoms with E-state index in [1.54, 1.807) is 11.9 Å². The Morgan fingerprint density at radius 3 is 2.63 bits per heavy atom. The highest BCUT2D eigenvalue weighted by Gasteiger charge is 2.16. The van der Waals surface area contributed by atoms with Gasteiger partial charge in [-0.15, -0.1) is 0 Å². The zero-order valence-corrected chi connectivity index (χ0v) is 12.8. The lowest BCUT2D eigenvalue weighted by molar-refractivity contribution is 0.0774. The molecule has 0 bridgehead atoms. The van der Waals surface area contributed by atoms with Crippen molar-refractivity contribution < 1.29 is 9.21 Å². The molecule has 0 N–H and O–H groups in total. The maximum atomic E-state index is 12.4.